The number of furan rings is 1. The maximum absolute atomic E-state index is 11.2. The highest BCUT2D eigenvalue weighted by Crippen LogP contribution is 2.14. The lowest BCUT2D eigenvalue weighted by Gasteiger charge is -2.18. The van der Waals surface area contributed by atoms with Crippen LogP contribution in [0.3, 0.4) is 0 Å². The highest BCUT2D eigenvalue weighted by atomic mass is 16.6. The van der Waals surface area contributed by atoms with Crippen LogP contribution in [0.2, 0.25) is 0 Å². The van der Waals surface area contributed by atoms with Crippen molar-refractivity contribution in [3.8, 4) is 0 Å². The molecule has 9 nitrogen and oxygen atoms in total. The molecule has 1 heterocycles. The number of amides is 2. The van der Waals surface area contributed by atoms with Crippen LogP contribution in [0, 0.1) is 10.1 Å². The molecule has 1 aromatic rings. The van der Waals surface area contributed by atoms with Crippen molar-refractivity contribution < 1.29 is 19.2 Å². The van der Waals surface area contributed by atoms with E-state index in [4.69, 9.17) is 10.2 Å². The normalized spacial score (nSPS) is 12.5. The number of hydrazone groups is 1. The molecule has 1 atom stereocenters. The first kappa shape index (κ1) is 16.6. The average molecular weight is 298 g/mol. The molecule has 9 heteroatoms. The highest BCUT2D eigenvalue weighted by molar-refractivity contribution is 5.79. The Morgan fingerprint density at radius 3 is 2.90 bits per heavy atom. The quantitative estimate of drug-likeness (QED) is 0.425. The first-order valence-electron chi connectivity index (χ1n) is 6.47. The van der Waals surface area contributed by atoms with Gasteiger partial charge in [0, 0.05) is 0 Å². The number of aliphatic hydroxyl groups excluding tert-OH is 1. The molecule has 1 unspecified atom stereocenters. The number of primary amides is 1. The molecule has 1 rings (SSSR count). The molecule has 0 aliphatic rings. The number of nitrogens with two attached hydrogens (primary N) is 1. The summed E-state index contributed by atoms with van der Waals surface area (Å²) in [7, 11) is 0. The molecule has 0 bridgehead atoms. The number of unbranched alkanes of at least 4 members (excludes halogenated alkanes) is 1. The van der Waals surface area contributed by atoms with Crippen LogP contribution in [-0.2, 0) is 0 Å². The van der Waals surface area contributed by atoms with E-state index in [9.17, 15) is 20.0 Å². The molecular formula is C12H18N4O5. The van der Waals surface area contributed by atoms with Crippen LogP contribution < -0.4 is 5.73 Å². The van der Waals surface area contributed by atoms with Gasteiger partial charge in [-0.3, -0.25) is 10.1 Å². The smallest absolute Gasteiger partial charge is 0.400 e. The van der Waals surface area contributed by atoms with E-state index in [1.807, 2.05) is 6.92 Å². The first-order valence-corrected chi connectivity index (χ1v) is 6.47. The maximum atomic E-state index is 11.2. The van der Waals surface area contributed by atoms with E-state index in [1.54, 1.807) is 0 Å². The number of hydrogen-bond donors (Lipinski definition) is 2. The second-order valence-corrected chi connectivity index (χ2v) is 4.39. The number of urea groups is 1. The molecular weight excluding hydrogens is 280 g/mol. The fourth-order valence-electron chi connectivity index (χ4n) is 1.56. The van der Waals surface area contributed by atoms with Gasteiger partial charge in [-0.1, -0.05) is 19.8 Å². The number of carbonyl (C=O) groups excluding carboxylic acids is 1. The lowest BCUT2D eigenvalue weighted by atomic mass is 10.1. The van der Waals surface area contributed by atoms with Gasteiger partial charge in [0.05, 0.1) is 24.9 Å². The second kappa shape index (κ2) is 8.00. The second-order valence-electron chi connectivity index (χ2n) is 4.39. The van der Waals surface area contributed by atoms with Gasteiger partial charge in [0.2, 0.25) is 0 Å². The summed E-state index contributed by atoms with van der Waals surface area (Å²) in [5.41, 5.74) is 5.15. The van der Waals surface area contributed by atoms with E-state index in [-0.39, 0.29) is 12.3 Å². The standard InChI is InChI=1S/C12H18N4O5/c1-2-3-4-9(17)8-15(12(13)18)14-7-10-5-6-11(21-10)16(19)20/h5-7,9,17H,2-4,8H2,1H3,(H2,13,18)/b14-7+. The van der Waals surface area contributed by atoms with E-state index >= 15 is 0 Å². The third-order valence-electron chi connectivity index (χ3n) is 2.65. The van der Waals surface area contributed by atoms with Gasteiger partial charge >= 0.3 is 11.9 Å². The summed E-state index contributed by atoms with van der Waals surface area (Å²) in [6, 6.07) is 1.68. The minimum Gasteiger partial charge on any atom is -0.400 e. The van der Waals surface area contributed by atoms with Crippen molar-refractivity contribution in [1.29, 1.82) is 0 Å². The maximum Gasteiger partial charge on any atom is 0.433 e. The average Bonchev–Trinajstić information content (AvgIpc) is 2.89. The van der Waals surface area contributed by atoms with E-state index < -0.39 is 22.9 Å². The largest absolute Gasteiger partial charge is 0.433 e. The Labute approximate surface area is 121 Å². The number of nitro groups is 1. The summed E-state index contributed by atoms with van der Waals surface area (Å²) in [5, 5.41) is 24.8. The van der Waals surface area contributed by atoms with Gasteiger partial charge in [-0.05, 0) is 12.5 Å². The Hall–Kier alpha value is -2.42. The molecule has 2 amide bonds. The SMILES string of the molecule is CCCCC(O)CN(/N=C/c1ccc([N+](=O)[O-])o1)C(N)=O. The van der Waals surface area contributed by atoms with Crippen molar-refractivity contribution in [2.24, 2.45) is 10.8 Å². The van der Waals surface area contributed by atoms with Gasteiger partial charge < -0.3 is 15.3 Å². The summed E-state index contributed by atoms with van der Waals surface area (Å²) in [5.74, 6) is -0.318. The Kier molecular flexibility index (Phi) is 6.34. The first-order chi connectivity index (χ1) is 9.93. The zero-order valence-electron chi connectivity index (χ0n) is 11.6. The van der Waals surface area contributed by atoms with E-state index in [2.05, 4.69) is 5.10 Å². The fourth-order valence-corrected chi connectivity index (χ4v) is 1.56. The monoisotopic (exact) mass is 298 g/mol. The molecule has 0 radical (unpaired) electrons. The van der Waals surface area contributed by atoms with Crippen LogP contribution in [0.1, 0.15) is 31.9 Å². The number of carbonyl (C=O) groups is 1. The van der Waals surface area contributed by atoms with Crippen molar-refractivity contribution in [3.05, 3.63) is 28.0 Å². The molecule has 0 spiro atoms. The predicted molar refractivity (Wildman–Crippen MR) is 74.8 cm³/mol. The summed E-state index contributed by atoms with van der Waals surface area (Å²) >= 11 is 0. The Balaban J connectivity index is 2.66. The molecule has 3 N–H and O–H groups in total. The lowest BCUT2D eigenvalue weighted by Crippen LogP contribution is -2.37. The van der Waals surface area contributed by atoms with Gasteiger partial charge in [-0.2, -0.15) is 5.10 Å². The van der Waals surface area contributed by atoms with Crippen LogP contribution in [0.5, 0.6) is 0 Å². The number of hydrogen-bond acceptors (Lipinski definition) is 6. The van der Waals surface area contributed by atoms with Crippen molar-refractivity contribution in [2.75, 3.05) is 6.54 Å². The van der Waals surface area contributed by atoms with Gasteiger partial charge in [-0.15, -0.1) is 0 Å². The van der Waals surface area contributed by atoms with E-state index in [1.165, 1.54) is 12.1 Å². The molecule has 0 fully saturated rings. The van der Waals surface area contributed by atoms with E-state index in [0.29, 0.717) is 6.42 Å². The zero-order chi connectivity index (χ0) is 15.8. The lowest BCUT2D eigenvalue weighted by molar-refractivity contribution is -0.402. The Bertz CT molecular complexity index is 514. The minimum atomic E-state index is -0.831. The van der Waals surface area contributed by atoms with Crippen LogP contribution in [0.15, 0.2) is 21.7 Å². The van der Waals surface area contributed by atoms with Crippen molar-refractivity contribution in [1.82, 2.24) is 5.01 Å². The van der Waals surface area contributed by atoms with Crippen LogP contribution in [0.25, 0.3) is 0 Å². The van der Waals surface area contributed by atoms with Crippen LogP contribution in [-0.4, -0.2) is 39.9 Å². The highest BCUT2D eigenvalue weighted by Gasteiger charge is 2.15. The molecule has 0 saturated carbocycles. The molecule has 116 valence electrons. The van der Waals surface area contributed by atoms with Crippen LogP contribution in [0.4, 0.5) is 10.7 Å². The summed E-state index contributed by atoms with van der Waals surface area (Å²) in [6.45, 7) is 1.94. The van der Waals surface area contributed by atoms with E-state index in [0.717, 1.165) is 24.1 Å². The molecule has 0 aliphatic carbocycles. The summed E-state index contributed by atoms with van der Waals surface area (Å²) in [4.78, 5) is 21.0. The van der Waals surface area contributed by atoms with Crippen molar-refractivity contribution in [3.63, 3.8) is 0 Å². The topological polar surface area (TPSA) is 135 Å². The Morgan fingerprint density at radius 2 is 2.38 bits per heavy atom. The Morgan fingerprint density at radius 1 is 1.67 bits per heavy atom. The number of nitrogens with zero attached hydrogens (tertiary/aromatic N) is 3. The van der Waals surface area contributed by atoms with Gasteiger partial charge in [0.25, 0.3) is 0 Å². The van der Waals surface area contributed by atoms with Gasteiger partial charge in [0.1, 0.15) is 4.92 Å². The molecule has 0 aliphatic heterocycles. The number of rotatable bonds is 8. The molecule has 21 heavy (non-hydrogen) atoms. The third kappa shape index (κ3) is 5.61. The van der Waals surface area contributed by atoms with Gasteiger partial charge in [-0.25, -0.2) is 9.80 Å². The van der Waals surface area contributed by atoms with Crippen LogP contribution >= 0.6 is 0 Å². The van der Waals surface area contributed by atoms with Crippen molar-refractivity contribution >= 4 is 18.1 Å². The number of aliphatic hydroxyl groups is 1. The predicted octanol–water partition coefficient (Wildman–Crippen LogP) is 1.45. The molecule has 0 saturated heterocycles. The summed E-state index contributed by atoms with van der Waals surface area (Å²) in [6.07, 6.45) is 2.67. The summed E-state index contributed by atoms with van der Waals surface area (Å²) < 4.78 is 4.86. The fraction of sp³-hybridized carbons (Fsp3) is 0.500. The molecule has 1 aromatic heterocycles. The van der Waals surface area contributed by atoms with Crippen molar-refractivity contribution in [2.45, 2.75) is 32.3 Å². The van der Waals surface area contributed by atoms with Gasteiger partial charge in [0.15, 0.2) is 5.76 Å². The third-order valence-corrected chi connectivity index (χ3v) is 2.65. The minimum absolute atomic E-state index is 0.0470. The molecule has 0 aromatic carbocycles. The zero-order valence-corrected chi connectivity index (χ0v) is 11.6.